The zero-order chi connectivity index (χ0) is 36.7. The Labute approximate surface area is 324 Å². The van der Waals surface area contributed by atoms with Gasteiger partial charge in [-0.3, -0.25) is 0 Å². The lowest BCUT2D eigenvalue weighted by molar-refractivity contribution is 0.550. The molecule has 8 aromatic rings. The van der Waals surface area contributed by atoms with Gasteiger partial charge in [0.15, 0.2) is 0 Å². The quantitative estimate of drug-likeness (QED) is 0.172. The van der Waals surface area contributed by atoms with Crippen molar-refractivity contribution in [3.8, 4) is 44.5 Å². The Morgan fingerprint density at radius 3 is 1.89 bits per heavy atom. The van der Waals surface area contributed by atoms with Crippen molar-refractivity contribution >= 4 is 27.8 Å². The van der Waals surface area contributed by atoms with Crippen LogP contribution in [0.4, 0.5) is 17.1 Å². The Morgan fingerprint density at radius 1 is 0.436 bits per heavy atom. The molecule has 1 nitrogen and oxygen atoms in total. The molecule has 0 heterocycles. The van der Waals surface area contributed by atoms with Crippen LogP contribution in [0.25, 0.3) is 55.3 Å². The van der Waals surface area contributed by atoms with Gasteiger partial charge in [0.25, 0.3) is 0 Å². The van der Waals surface area contributed by atoms with Gasteiger partial charge in [0.05, 0.1) is 5.69 Å². The van der Waals surface area contributed by atoms with Crippen LogP contribution in [0.15, 0.2) is 176 Å². The highest BCUT2D eigenvalue weighted by atomic mass is 15.1. The zero-order valence-electron chi connectivity index (χ0n) is 31.5. The van der Waals surface area contributed by atoms with Crippen molar-refractivity contribution in [3.05, 3.63) is 198 Å². The molecule has 1 heteroatoms. The predicted molar refractivity (Wildman–Crippen MR) is 232 cm³/mol. The van der Waals surface area contributed by atoms with E-state index in [-0.39, 0.29) is 10.8 Å². The highest BCUT2D eigenvalue weighted by Crippen LogP contribution is 2.58. The van der Waals surface area contributed by atoms with E-state index < -0.39 is 0 Å². The van der Waals surface area contributed by atoms with Gasteiger partial charge in [-0.25, -0.2) is 0 Å². The van der Waals surface area contributed by atoms with Crippen molar-refractivity contribution in [1.82, 2.24) is 0 Å². The molecule has 3 aliphatic rings. The first kappa shape index (κ1) is 32.3. The maximum Gasteiger partial charge on any atom is 0.0546 e. The highest BCUT2D eigenvalue weighted by Gasteiger charge is 2.45. The molecular weight excluding hydrogens is 663 g/mol. The Hall–Kier alpha value is -6.18. The van der Waals surface area contributed by atoms with E-state index in [4.69, 9.17) is 0 Å². The van der Waals surface area contributed by atoms with E-state index in [1.165, 1.54) is 115 Å². The average Bonchev–Trinajstić information content (AvgIpc) is 3.91. The van der Waals surface area contributed by atoms with Gasteiger partial charge in [0.2, 0.25) is 0 Å². The number of anilines is 3. The Kier molecular flexibility index (Phi) is 7.14. The summed E-state index contributed by atoms with van der Waals surface area (Å²) in [6, 6.07) is 66.2. The van der Waals surface area contributed by atoms with Gasteiger partial charge in [0, 0.05) is 27.8 Å². The molecule has 0 aromatic heterocycles. The Bertz CT molecular complexity index is 2800. The second kappa shape index (κ2) is 12.2. The zero-order valence-corrected chi connectivity index (χ0v) is 31.5. The second-order valence-electron chi connectivity index (χ2n) is 16.4. The minimum atomic E-state index is -0.109. The minimum Gasteiger partial charge on any atom is -0.310 e. The fraction of sp³-hybridized carbons (Fsp3) is 0.148. The summed E-state index contributed by atoms with van der Waals surface area (Å²) >= 11 is 0. The standard InChI is InChI=1S/C54H43N/c1-53(2)47-26-10-8-23-44(47)46-25-15-24-42(52(46)53)38-19-14-20-39(34-38)55(50-31-28-36-16-6-7-21-41(36)51(50)37-17-4-3-5-18-37)40-29-30-45-43-22-9-11-27-48(43)54(49(45)35-40)32-12-13-33-54/h3-11,14-31,34-35H,12-13,32-33H2,1-2H3. The van der Waals surface area contributed by atoms with Crippen molar-refractivity contribution in [2.24, 2.45) is 0 Å². The molecule has 0 N–H and O–H groups in total. The number of rotatable bonds is 5. The van der Waals surface area contributed by atoms with Gasteiger partial charge in [-0.2, -0.15) is 0 Å². The van der Waals surface area contributed by atoms with E-state index in [2.05, 4.69) is 195 Å². The number of nitrogens with zero attached hydrogens (tertiary/aromatic N) is 1. The molecule has 0 amide bonds. The first-order chi connectivity index (χ1) is 27.0. The molecule has 1 fully saturated rings. The second-order valence-corrected chi connectivity index (χ2v) is 16.4. The molecule has 0 aliphatic heterocycles. The molecule has 264 valence electrons. The third-order valence-corrected chi connectivity index (χ3v) is 13.2. The van der Waals surface area contributed by atoms with Crippen LogP contribution in [0.2, 0.25) is 0 Å². The van der Waals surface area contributed by atoms with E-state index >= 15 is 0 Å². The topological polar surface area (TPSA) is 3.24 Å². The van der Waals surface area contributed by atoms with Crippen LogP contribution >= 0.6 is 0 Å². The molecule has 0 radical (unpaired) electrons. The molecule has 1 spiro atoms. The lowest BCUT2D eigenvalue weighted by atomic mass is 9.76. The summed E-state index contributed by atoms with van der Waals surface area (Å²) in [5.74, 6) is 0. The van der Waals surface area contributed by atoms with Gasteiger partial charge < -0.3 is 4.90 Å². The van der Waals surface area contributed by atoms with Crippen LogP contribution in [0.3, 0.4) is 0 Å². The Balaban J connectivity index is 1.16. The number of fused-ring (bicyclic) bond motifs is 9. The number of hydrogen-bond acceptors (Lipinski definition) is 1. The van der Waals surface area contributed by atoms with E-state index in [1.54, 1.807) is 0 Å². The molecule has 55 heavy (non-hydrogen) atoms. The summed E-state index contributed by atoms with van der Waals surface area (Å²) in [5, 5.41) is 2.50. The van der Waals surface area contributed by atoms with Crippen molar-refractivity contribution in [2.75, 3.05) is 4.90 Å². The van der Waals surface area contributed by atoms with Crippen molar-refractivity contribution in [1.29, 1.82) is 0 Å². The molecule has 0 unspecified atom stereocenters. The molecule has 11 rings (SSSR count). The van der Waals surface area contributed by atoms with Gasteiger partial charge in [-0.1, -0.05) is 172 Å². The summed E-state index contributed by atoms with van der Waals surface area (Å²) < 4.78 is 0. The summed E-state index contributed by atoms with van der Waals surface area (Å²) in [7, 11) is 0. The number of hydrogen-bond donors (Lipinski definition) is 0. The van der Waals surface area contributed by atoms with Crippen LogP contribution in [0.5, 0.6) is 0 Å². The predicted octanol–water partition coefficient (Wildman–Crippen LogP) is 14.8. The normalized spacial score (nSPS) is 15.5. The fourth-order valence-corrected chi connectivity index (χ4v) is 10.8. The molecule has 0 atom stereocenters. The van der Waals surface area contributed by atoms with E-state index in [1.807, 2.05) is 0 Å². The van der Waals surface area contributed by atoms with Gasteiger partial charge in [-0.15, -0.1) is 0 Å². The maximum atomic E-state index is 2.55. The van der Waals surface area contributed by atoms with Crippen molar-refractivity contribution in [2.45, 2.75) is 50.4 Å². The Morgan fingerprint density at radius 2 is 1.05 bits per heavy atom. The number of benzene rings is 8. The molecule has 0 saturated heterocycles. The summed E-state index contributed by atoms with van der Waals surface area (Å²) in [6.45, 7) is 4.78. The van der Waals surface area contributed by atoms with Crippen LogP contribution < -0.4 is 4.90 Å². The van der Waals surface area contributed by atoms with Crippen LogP contribution in [-0.2, 0) is 10.8 Å². The van der Waals surface area contributed by atoms with Gasteiger partial charge >= 0.3 is 0 Å². The largest absolute Gasteiger partial charge is 0.310 e. The summed E-state index contributed by atoms with van der Waals surface area (Å²) in [5.41, 5.74) is 19.9. The van der Waals surface area contributed by atoms with E-state index in [0.717, 1.165) is 5.69 Å². The highest BCUT2D eigenvalue weighted by molar-refractivity contribution is 6.05. The maximum absolute atomic E-state index is 2.55. The monoisotopic (exact) mass is 705 g/mol. The lowest BCUT2D eigenvalue weighted by Gasteiger charge is -2.32. The van der Waals surface area contributed by atoms with Gasteiger partial charge in [-0.05, 0) is 115 Å². The minimum absolute atomic E-state index is 0.0757. The summed E-state index contributed by atoms with van der Waals surface area (Å²) in [6.07, 6.45) is 4.96. The summed E-state index contributed by atoms with van der Waals surface area (Å²) in [4.78, 5) is 2.55. The van der Waals surface area contributed by atoms with E-state index in [0.29, 0.717) is 0 Å². The third-order valence-electron chi connectivity index (χ3n) is 13.2. The van der Waals surface area contributed by atoms with Crippen LogP contribution in [0.1, 0.15) is 61.8 Å². The van der Waals surface area contributed by atoms with Crippen LogP contribution in [0, 0.1) is 0 Å². The molecule has 8 aromatic carbocycles. The average molecular weight is 706 g/mol. The molecule has 0 bridgehead atoms. The molecule has 1 saturated carbocycles. The molecular formula is C54H43N. The van der Waals surface area contributed by atoms with Crippen molar-refractivity contribution in [3.63, 3.8) is 0 Å². The molecule has 3 aliphatic carbocycles. The first-order valence-corrected chi connectivity index (χ1v) is 20.0. The van der Waals surface area contributed by atoms with Crippen molar-refractivity contribution < 1.29 is 0 Å². The SMILES string of the molecule is CC1(C)c2ccccc2-c2cccc(-c3cccc(N(c4ccc5c(c4)C4(CCCC4)c4ccccc4-5)c4ccc5ccccc5c4-c4ccccc4)c3)c21. The van der Waals surface area contributed by atoms with E-state index in [9.17, 15) is 0 Å². The fourth-order valence-electron chi connectivity index (χ4n) is 10.8. The van der Waals surface area contributed by atoms with Crippen LogP contribution in [-0.4, -0.2) is 0 Å². The lowest BCUT2D eigenvalue weighted by Crippen LogP contribution is -2.21. The van der Waals surface area contributed by atoms with Gasteiger partial charge in [0.1, 0.15) is 0 Å². The smallest absolute Gasteiger partial charge is 0.0546 e. The third kappa shape index (κ3) is 4.72. The first-order valence-electron chi connectivity index (χ1n) is 20.0.